The molecule has 0 aliphatic heterocycles. The summed E-state index contributed by atoms with van der Waals surface area (Å²) in [5.41, 5.74) is 4.46. The zero-order valence-electron chi connectivity index (χ0n) is 15.1. The van der Waals surface area contributed by atoms with Gasteiger partial charge in [-0.3, -0.25) is 9.97 Å². The fourth-order valence-electron chi connectivity index (χ4n) is 3.48. The fourth-order valence-corrected chi connectivity index (χ4v) is 3.48. The Kier molecular flexibility index (Phi) is 4.84. The van der Waals surface area contributed by atoms with Crippen molar-refractivity contribution in [1.29, 1.82) is 0 Å². The molecular weight excluding hydrogens is 296 g/mol. The first kappa shape index (κ1) is 16.5. The number of hydrogen-bond donors (Lipinski definition) is 0. The number of pyridine rings is 2. The van der Waals surface area contributed by atoms with Crippen LogP contribution < -0.4 is 9.80 Å². The molecular formula is C20H26N4. The van der Waals surface area contributed by atoms with Crippen LogP contribution in [0.4, 0.5) is 11.4 Å². The maximum atomic E-state index is 4.67. The number of nitrogens with zero attached hydrogens (tertiary/aromatic N) is 4. The SMILES string of the molecule is CCN(CC)c1ccnc2c1ccc1c(N(CC)CC)ccnc12. The molecule has 0 radical (unpaired) electrons. The van der Waals surface area contributed by atoms with Gasteiger partial charge in [0, 0.05) is 60.7 Å². The summed E-state index contributed by atoms with van der Waals surface area (Å²) < 4.78 is 0. The summed E-state index contributed by atoms with van der Waals surface area (Å²) >= 11 is 0. The van der Waals surface area contributed by atoms with Gasteiger partial charge in [0.1, 0.15) is 0 Å². The minimum Gasteiger partial charge on any atom is -0.371 e. The van der Waals surface area contributed by atoms with Crippen molar-refractivity contribution >= 4 is 33.2 Å². The Morgan fingerprint density at radius 3 is 1.33 bits per heavy atom. The molecule has 3 rings (SSSR count). The first-order valence-corrected chi connectivity index (χ1v) is 8.91. The number of hydrogen-bond acceptors (Lipinski definition) is 4. The average molecular weight is 322 g/mol. The smallest absolute Gasteiger partial charge is 0.0986 e. The highest BCUT2D eigenvalue weighted by atomic mass is 15.1. The topological polar surface area (TPSA) is 32.3 Å². The van der Waals surface area contributed by atoms with E-state index in [1.54, 1.807) is 0 Å². The average Bonchev–Trinajstić information content (AvgIpc) is 2.64. The molecule has 0 N–H and O–H groups in total. The largest absolute Gasteiger partial charge is 0.371 e. The van der Waals surface area contributed by atoms with E-state index in [1.807, 2.05) is 12.4 Å². The van der Waals surface area contributed by atoms with Crippen LogP contribution in [0.25, 0.3) is 21.8 Å². The molecule has 0 saturated heterocycles. The molecule has 126 valence electrons. The van der Waals surface area contributed by atoms with Crippen molar-refractivity contribution in [3.05, 3.63) is 36.7 Å². The third-order valence-corrected chi connectivity index (χ3v) is 4.78. The molecule has 3 aromatic rings. The van der Waals surface area contributed by atoms with E-state index in [2.05, 4.69) is 71.7 Å². The molecule has 0 aliphatic rings. The fraction of sp³-hybridized carbons (Fsp3) is 0.400. The monoisotopic (exact) mass is 322 g/mol. The second-order valence-electron chi connectivity index (χ2n) is 5.86. The zero-order chi connectivity index (χ0) is 17.1. The molecule has 0 aliphatic carbocycles. The summed E-state index contributed by atoms with van der Waals surface area (Å²) in [7, 11) is 0. The van der Waals surface area contributed by atoms with E-state index in [9.17, 15) is 0 Å². The van der Waals surface area contributed by atoms with Crippen LogP contribution in [-0.4, -0.2) is 36.1 Å². The molecule has 4 heteroatoms. The maximum Gasteiger partial charge on any atom is 0.0986 e. The van der Waals surface area contributed by atoms with Crippen LogP contribution in [0, 0.1) is 0 Å². The molecule has 0 amide bonds. The summed E-state index contributed by atoms with van der Waals surface area (Å²) in [4.78, 5) is 14.1. The van der Waals surface area contributed by atoms with E-state index >= 15 is 0 Å². The maximum absolute atomic E-state index is 4.67. The third kappa shape index (κ3) is 2.66. The highest BCUT2D eigenvalue weighted by molar-refractivity contribution is 6.10. The standard InChI is InChI=1S/C20H26N4/c1-5-23(6-2)17-11-13-21-19-15(17)9-10-16-18(24(7-3)8-4)12-14-22-20(16)19/h9-14H,5-8H2,1-4H3. The van der Waals surface area contributed by atoms with E-state index in [-0.39, 0.29) is 0 Å². The van der Waals surface area contributed by atoms with Crippen molar-refractivity contribution in [1.82, 2.24) is 9.97 Å². The molecule has 2 aromatic heterocycles. The predicted octanol–water partition coefficient (Wildman–Crippen LogP) is 4.48. The molecule has 24 heavy (non-hydrogen) atoms. The molecule has 0 spiro atoms. The lowest BCUT2D eigenvalue weighted by Crippen LogP contribution is -2.22. The quantitative estimate of drug-likeness (QED) is 0.627. The van der Waals surface area contributed by atoms with Crippen molar-refractivity contribution in [2.75, 3.05) is 36.0 Å². The van der Waals surface area contributed by atoms with Crippen molar-refractivity contribution in [3.8, 4) is 0 Å². The van der Waals surface area contributed by atoms with Gasteiger partial charge in [0.25, 0.3) is 0 Å². The van der Waals surface area contributed by atoms with E-state index in [0.29, 0.717) is 0 Å². The van der Waals surface area contributed by atoms with Gasteiger partial charge in [0.15, 0.2) is 0 Å². The van der Waals surface area contributed by atoms with Crippen LogP contribution in [0.15, 0.2) is 36.7 Å². The zero-order valence-corrected chi connectivity index (χ0v) is 15.1. The van der Waals surface area contributed by atoms with Crippen molar-refractivity contribution in [3.63, 3.8) is 0 Å². The van der Waals surface area contributed by atoms with Crippen LogP contribution >= 0.6 is 0 Å². The number of anilines is 2. The summed E-state index contributed by atoms with van der Waals surface area (Å²) in [6.07, 6.45) is 3.81. The molecule has 0 fully saturated rings. The Balaban J connectivity index is 2.29. The Morgan fingerprint density at radius 2 is 1.00 bits per heavy atom. The van der Waals surface area contributed by atoms with E-state index in [4.69, 9.17) is 0 Å². The van der Waals surface area contributed by atoms with Gasteiger partial charge in [-0.2, -0.15) is 0 Å². The first-order valence-electron chi connectivity index (χ1n) is 8.91. The van der Waals surface area contributed by atoms with Crippen molar-refractivity contribution in [2.24, 2.45) is 0 Å². The van der Waals surface area contributed by atoms with Crippen LogP contribution in [0.5, 0.6) is 0 Å². The minimum absolute atomic E-state index is 0.987. The van der Waals surface area contributed by atoms with Gasteiger partial charge in [0.05, 0.1) is 11.0 Å². The van der Waals surface area contributed by atoms with E-state index in [1.165, 1.54) is 22.1 Å². The highest BCUT2D eigenvalue weighted by Crippen LogP contribution is 2.33. The Bertz CT molecular complexity index is 765. The van der Waals surface area contributed by atoms with Crippen LogP contribution in [0.2, 0.25) is 0 Å². The van der Waals surface area contributed by atoms with Gasteiger partial charge in [-0.1, -0.05) is 0 Å². The number of rotatable bonds is 6. The van der Waals surface area contributed by atoms with Crippen LogP contribution in [0.3, 0.4) is 0 Å². The Hall–Kier alpha value is -2.36. The van der Waals surface area contributed by atoms with Gasteiger partial charge < -0.3 is 9.80 Å². The lowest BCUT2D eigenvalue weighted by Gasteiger charge is -2.24. The second kappa shape index (κ2) is 7.04. The predicted molar refractivity (Wildman–Crippen MR) is 104 cm³/mol. The summed E-state index contributed by atoms with van der Waals surface area (Å²) in [6, 6.07) is 8.62. The lowest BCUT2D eigenvalue weighted by molar-refractivity contribution is 0.869. The minimum atomic E-state index is 0.987. The van der Waals surface area contributed by atoms with Gasteiger partial charge >= 0.3 is 0 Å². The normalized spacial score (nSPS) is 11.2. The third-order valence-electron chi connectivity index (χ3n) is 4.78. The molecule has 0 bridgehead atoms. The first-order chi connectivity index (χ1) is 11.7. The summed E-state index contributed by atoms with van der Waals surface area (Å²) in [5, 5.41) is 2.36. The van der Waals surface area contributed by atoms with Gasteiger partial charge in [-0.05, 0) is 52.0 Å². The molecule has 2 heterocycles. The van der Waals surface area contributed by atoms with Gasteiger partial charge in [-0.25, -0.2) is 0 Å². The van der Waals surface area contributed by atoms with Crippen LogP contribution in [-0.2, 0) is 0 Å². The molecule has 4 nitrogen and oxygen atoms in total. The lowest BCUT2D eigenvalue weighted by atomic mass is 10.1. The Labute approximate surface area is 144 Å². The molecule has 1 aromatic carbocycles. The van der Waals surface area contributed by atoms with E-state index in [0.717, 1.165) is 37.2 Å². The number of fused-ring (bicyclic) bond motifs is 3. The second-order valence-corrected chi connectivity index (χ2v) is 5.86. The number of aromatic nitrogens is 2. The van der Waals surface area contributed by atoms with Crippen LogP contribution in [0.1, 0.15) is 27.7 Å². The van der Waals surface area contributed by atoms with Gasteiger partial charge in [0.2, 0.25) is 0 Å². The molecule has 0 atom stereocenters. The number of benzene rings is 1. The van der Waals surface area contributed by atoms with Crippen molar-refractivity contribution in [2.45, 2.75) is 27.7 Å². The van der Waals surface area contributed by atoms with Crippen molar-refractivity contribution < 1.29 is 0 Å². The summed E-state index contributed by atoms with van der Waals surface area (Å²) in [5.74, 6) is 0. The Morgan fingerprint density at radius 1 is 0.625 bits per heavy atom. The highest BCUT2D eigenvalue weighted by Gasteiger charge is 2.14. The molecule has 0 unspecified atom stereocenters. The van der Waals surface area contributed by atoms with E-state index < -0.39 is 0 Å². The summed E-state index contributed by atoms with van der Waals surface area (Å²) in [6.45, 7) is 12.7. The molecule has 0 saturated carbocycles. The van der Waals surface area contributed by atoms with Gasteiger partial charge in [-0.15, -0.1) is 0 Å².